The quantitative estimate of drug-likeness (QED) is 0.667. The predicted octanol–water partition coefficient (Wildman–Crippen LogP) is 1.61. The number of nitrogens with zero attached hydrogens (tertiary/aromatic N) is 1. The highest BCUT2D eigenvalue weighted by Crippen LogP contribution is 2.28. The lowest BCUT2D eigenvalue weighted by molar-refractivity contribution is 0.126. The molecule has 3 heteroatoms. The van der Waals surface area contributed by atoms with Gasteiger partial charge in [-0.25, -0.2) is 0 Å². The molecule has 0 spiro atoms. The summed E-state index contributed by atoms with van der Waals surface area (Å²) in [4.78, 5) is 2.50. The molecule has 0 aromatic carbocycles. The number of methoxy groups -OCH3 is 1. The molecule has 1 rings (SSSR count). The molecule has 0 aliphatic heterocycles. The summed E-state index contributed by atoms with van der Waals surface area (Å²) in [6.45, 7) is 7.21. The van der Waals surface area contributed by atoms with Gasteiger partial charge in [-0.15, -0.1) is 0 Å². The molecule has 0 aromatic heterocycles. The Labute approximate surface area is 94.0 Å². The van der Waals surface area contributed by atoms with Crippen LogP contribution in [0, 0.1) is 0 Å². The topological polar surface area (TPSA) is 38.5 Å². The highest BCUT2D eigenvalue weighted by Gasteiger charge is 2.32. The van der Waals surface area contributed by atoms with E-state index in [0.29, 0.717) is 0 Å². The molecule has 1 aliphatic carbocycles. The molecule has 0 bridgehead atoms. The zero-order valence-electron chi connectivity index (χ0n) is 10.5. The van der Waals surface area contributed by atoms with Gasteiger partial charge in [0.2, 0.25) is 0 Å². The van der Waals surface area contributed by atoms with Gasteiger partial charge < -0.3 is 10.5 Å². The van der Waals surface area contributed by atoms with Crippen molar-refractivity contribution < 1.29 is 4.74 Å². The number of ether oxygens (including phenoxy) is 1. The van der Waals surface area contributed by atoms with Crippen molar-refractivity contribution in [3.05, 3.63) is 0 Å². The first-order valence-electron chi connectivity index (χ1n) is 6.11. The van der Waals surface area contributed by atoms with Crippen LogP contribution in [-0.2, 0) is 4.74 Å². The molecule has 90 valence electrons. The minimum atomic E-state index is -0.0366. The van der Waals surface area contributed by atoms with E-state index in [0.717, 1.165) is 38.6 Å². The third-order valence-corrected chi connectivity index (χ3v) is 3.03. The van der Waals surface area contributed by atoms with Crippen LogP contribution in [0.3, 0.4) is 0 Å². The Morgan fingerprint density at radius 1 is 1.47 bits per heavy atom. The fraction of sp³-hybridized carbons (Fsp3) is 1.00. The van der Waals surface area contributed by atoms with E-state index in [9.17, 15) is 0 Å². The lowest BCUT2D eigenvalue weighted by atomic mass is 9.97. The predicted molar refractivity (Wildman–Crippen MR) is 64.0 cm³/mol. The molecule has 0 saturated heterocycles. The normalized spacial score (nSPS) is 20.6. The fourth-order valence-electron chi connectivity index (χ4n) is 2.15. The van der Waals surface area contributed by atoms with E-state index >= 15 is 0 Å². The molecule has 0 radical (unpaired) electrons. The van der Waals surface area contributed by atoms with Crippen LogP contribution >= 0.6 is 0 Å². The fourth-order valence-corrected chi connectivity index (χ4v) is 2.15. The van der Waals surface area contributed by atoms with Crippen LogP contribution in [0.2, 0.25) is 0 Å². The van der Waals surface area contributed by atoms with E-state index in [1.165, 1.54) is 12.8 Å². The Kier molecular flexibility index (Phi) is 5.03. The van der Waals surface area contributed by atoms with Crippen molar-refractivity contribution in [2.24, 2.45) is 5.73 Å². The molecule has 1 atom stereocenters. The lowest BCUT2D eigenvalue weighted by Gasteiger charge is -2.32. The minimum Gasteiger partial charge on any atom is -0.383 e. The molecule has 15 heavy (non-hydrogen) atoms. The molecule has 3 nitrogen and oxygen atoms in total. The average molecular weight is 214 g/mol. The highest BCUT2D eigenvalue weighted by atomic mass is 16.5. The molecule has 1 unspecified atom stereocenters. The summed E-state index contributed by atoms with van der Waals surface area (Å²) in [6, 6.07) is 0.778. The lowest BCUT2D eigenvalue weighted by Crippen LogP contribution is -2.49. The third kappa shape index (κ3) is 4.96. The van der Waals surface area contributed by atoms with Gasteiger partial charge in [-0.3, -0.25) is 4.90 Å². The van der Waals surface area contributed by atoms with Gasteiger partial charge in [-0.1, -0.05) is 13.3 Å². The maximum Gasteiger partial charge on any atom is 0.0589 e. The van der Waals surface area contributed by atoms with Crippen molar-refractivity contribution in [3.63, 3.8) is 0 Å². The summed E-state index contributed by atoms with van der Waals surface area (Å²) in [5.41, 5.74) is 6.25. The van der Waals surface area contributed by atoms with E-state index < -0.39 is 0 Å². The Bertz CT molecular complexity index is 178. The molecule has 2 N–H and O–H groups in total. The summed E-state index contributed by atoms with van der Waals surface area (Å²) in [6.07, 6.45) is 4.94. The van der Waals surface area contributed by atoms with Crippen molar-refractivity contribution in [3.8, 4) is 0 Å². The average Bonchev–Trinajstić information content (AvgIpc) is 2.95. The number of rotatable bonds is 8. The van der Waals surface area contributed by atoms with E-state index in [4.69, 9.17) is 10.5 Å². The van der Waals surface area contributed by atoms with Gasteiger partial charge >= 0.3 is 0 Å². The zero-order chi connectivity index (χ0) is 11.3. The number of hydrogen-bond donors (Lipinski definition) is 1. The summed E-state index contributed by atoms with van der Waals surface area (Å²) in [7, 11) is 1.76. The van der Waals surface area contributed by atoms with Crippen LogP contribution in [0.1, 0.15) is 39.5 Å². The monoisotopic (exact) mass is 214 g/mol. The Morgan fingerprint density at radius 3 is 2.60 bits per heavy atom. The van der Waals surface area contributed by atoms with Crippen LogP contribution in [-0.4, -0.2) is 43.3 Å². The Hall–Kier alpha value is -0.120. The smallest absolute Gasteiger partial charge is 0.0589 e. The largest absolute Gasteiger partial charge is 0.383 e. The Balaban J connectivity index is 2.35. The molecule has 0 amide bonds. The molecule has 0 heterocycles. The molecule has 1 aliphatic rings. The number of nitrogens with two attached hydrogens (primary N) is 1. The van der Waals surface area contributed by atoms with Crippen LogP contribution < -0.4 is 5.73 Å². The summed E-state index contributed by atoms with van der Waals surface area (Å²) < 4.78 is 5.14. The van der Waals surface area contributed by atoms with Gasteiger partial charge in [0.1, 0.15) is 0 Å². The second-order valence-electron chi connectivity index (χ2n) is 5.10. The first-order chi connectivity index (χ1) is 7.09. The molecular weight excluding hydrogens is 188 g/mol. The standard InChI is InChI=1S/C12H26N2O/c1-4-7-12(2,13)10-14(8-9-15-3)11-5-6-11/h11H,4-10,13H2,1-3H3. The van der Waals surface area contributed by atoms with Crippen molar-refractivity contribution in [1.82, 2.24) is 4.90 Å². The first kappa shape index (κ1) is 12.9. The summed E-state index contributed by atoms with van der Waals surface area (Å²) in [5, 5.41) is 0. The van der Waals surface area contributed by atoms with E-state index in [-0.39, 0.29) is 5.54 Å². The van der Waals surface area contributed by atoms with E-state index in [1.54, 1.807) is 7.11 Å². The van der Waals surface area contributed by atoms with Gasteiger partial charge in [0, 0.05) is 31.8 Å². The summed E-state index contributed by atoms with van der Waals surface area (Å²) in [5.74, 6) is 0. The SMILES string of the molecule is CCCC(C)(N)CN(CCOC)C1CC1. The van der Waals surface area contributed by atoms with Crippen LogP contribution in [0.15, 0.2) is 0 Å². The van der Waals surface area contributed by atoms with E-state index in [1.807, 2.05) is 0 Å². The molecule has 1 saturated carbocycles. The minimum absolute atomic E-state index is 0.0366. The van der Waals surface area contributed by atoms with Crippen LogP contribution in [0.5, 0.6) is 0 Å². The zero-order valence-corrected chi connectivity index (χ0v) is 10.5. The van der Waals surface area contributed by atoms with Gasteiger partial charge in [-0.2, -0.15) is 0 Å². The summed E-state index contributed by atoms with van der Waals surface area (Å²) >= 11 is 0. The highest BCUT2D eigenvalue weighted by molar-refractivity contribution is 4.90. The van der Waals surface area contributed by atoms with Gasteiger partial charge in [0.15, 0.2) is 0 Å². The van der Waals surface area contributed by atoms with Gasteiger partial charge in [0.05, 0.1) is 6.61 Å². The third-order valence-electron chi connectivity index (χ3n) is 3.03. The van der Waals surface area contributed by atoms with E-state index in [2.05, 4.69) is 18.7 Å². The van der Waals surface area contributed by atoms with Crippen molar-refractivity contribution in [2.45, 2.75) is 51.1 Å². The van der Waals surface area contributed by atoms with Gasteiger partial charge in [0.25, 0.3) is 0 Å². The second kappa shape index (κ2) is 5.83. The van der Waals surface area contributed by atoms with Gasteiger partial charge in [-0.05, 0) is 26.2 Å². The Morgan fingerprint density at radius 2 is 2.13 bits per heavy atom. The van der Waals surface area contributed by atoms with Crippen molar-refractivity contribution >= 4 is 0 Å². The molecular formula is C12H26N2O. The first-order valence-corrected chi connectivity index (χ1v) is 6.11. The molecule has 0 aromatic rings. The second-order valence-corrected chi connectivity index (χ2v) is 5.10. The van der Waals surface area contributed by atoms with Crippen molar-refractivity contribution in [2.75, 3.05) is 26.8 Å². The van der Waals surface area contributed by atoms with Crippen LogP contribution in [0.4, 0.5) is 0 Å². The number of hydrogen-bond acceptors (Lipinski definition) is 3. The van der Waals surface area contributed by atoms with Crippen molar-refractivity contribution in [1.29, 1.82) is 0 Å². The van der Waals surface area contributed by atoms with Crippen LogP contribution in [0.25, 0.3) is 0 Å². The maximum atomic E-state index is 6.28. The molecule has 1 fully saturated rings. The maximum absolute atomic E-state index is 6.28.